The highest BCUT2D eigenvalue weighted by atomic mass is 32.1. The Morgan fingerprint density at radius 1 is 1.21 bits per heavy atom. The number of aromatic nitrogens is 2. The van der Waals surface area contributed by atoms with Crippen molar-refractivity contribution in [2.45, 2.75) is 32.2 Å². The topological polar surface area (TPSA) is 51.8 Å². The molecule has 1 aromatic heterocycles. The van der Waals surface area contributed by atoms with Gasteiger partial charge < -0.3 is 5.73 Å². The quantitative estimate of drug-likeness (QED) is 0.937. The summed E-state index contributed by atoms with van der Waals surface area (Å²) in [5.74, 6) is -0.952. The fourth-order valence-electron chi connectivity index (χ4n) is 1.94. The minimum absolute atomic E-state index is 0.226. The average molecular weight is 283 g/mol. The van der Waals surface area contributed by atoms with Gasteiger partial charge in [-0.2, -0.15) is 0 Å². The second-order valence-corrected chi connectivity index (χ2v) is 5.55. The maximum atomic E-state index is 13.1. The molecule has 6 heteroatoms. The second-order valence-electron chi connectivity index (χ2n) is 4.77. The van der Waals surface area contributed by atoms with Crippen LogP contribution < -0.4 is 5.73 Å². The molecular weight excluding hydrogens is 268 g/mol. The van der Waals surface area contributed by atoms with E-state index in [2.05, 4.69) is 9.59 Å². The van der Waals surface area contributed by atoms with Crippen molar-refractivity contribution < 1.29 is 8.78 Å². The minimum Gasteiger partial charge on any atom is -0.323 e. The molecule has 0 aliphatic rings. The Morgan fingerprint density at radius 2 is 1.84 bits per heavy atom. The molecule has 1 unspecified atom stereocenters. The zero-order valence-electron chi connectivity index (χ0n) is 10.7. The van der Waals surface area contributed by atoms with Gasteiger partial charge in [0.05, 0.1) is 10.6 Å². The summed E-state index contributed by atoms with van der Waals surface area (Å²) in [6.45, 7) is 4.02. The number of nitrogens with zero attached hydrogens (tertiary/aromatic N) is 2. The second kappa shape index (κ2) is 5.71. The molecule has 1 heterocycles. The molecule has 3 nitrogen and oxygen atoms in total. The van der Waals surface area contributed by atoms with Gasteiger partial charge >= 0.3 is 0 Å². The summed E-state index contributed by atoms with van der Waals surface area (Å²) >= 11 is 1.24. The van der Waals surface area contributed by atoms with Crippen molar-refractivity contribution in [2.24, 2.45) is 5.73 Å². The maximum absolute atomic E-state index is 13.1. The van der Waals surface area contributed by atoms with Gasteiger partial charge in [0.1, 0.15) is 11.6 Å². The molecule has 0 spiro atoms. The van der Waals surface area contributed by atoms with Crippen molar-refractivity contribution in [3.8, 4) is 0 Å². The lowest BCUT2D eigenvalue weighted by atomic mass is 10.0. The van der Waals surface area contributed by atoms with Gasteiger partial charge in [-0.1, -0.05) is 18.3 Å². The highest BCUT2D eigenvalue weighted by Crippen LogP contribution is 2.27. The first-order valence-electron chi connectivity index (χ1n) is 6.00. The predicted octanol–water partition coefficient (Wildman–Crippen LogP) is 3.18. The Kier molecular flexibility index (Phi) is 4.21. The zero-order chi connectivity index (χ0) is 14.0. The van der Waals surface area contributed by atoms with E-state index in [1.165, 1.54) is 23.7 Å². The van der Waals surface area contributed by atoms with Crippen LogP contribution in [0.25, 0.3) is 0 Å². The molecule has 2 rings (SSSR count). The maximum Gasteiger partial charge on any atom is 0.126 e. The fraction of sp³-hybridized carbons (Fsp3) is 0.385. The smallest absolute Gasteiger partial charge is 0.126 e. The zero-order valence-corrected chi connectivity index (χ0v) is 11.5. The highest BCUT2D eigenvalue weighted by Gasteiger charge is 2.18. The number of hydrogen-bond donors (Lipinski definition) is 1. The average Bonchev–Trinajstić information content (AvgIpc) is 2.75. The molecule has 1 atom stereocenters. The van der Waals surface area contributed by atoms with E-state index in [1.54, 1.807) is 0 Å². The third-order valence-corrected chi connectivity index (χ3v) is 3.67. The molecule has 0 saturated carbocycles. The largest absolute Gasteiger partial charge is 0.323 e. The summed E-state index contributed by atoms with van der Waals surface area (Å²) in [4.78, 5) is 0.875. The van der Waals surface area contributed by atoms with Crippen LogP contribution in [0, 0.1) is 11.6 Å². The van der Waals surface area contributed by atoms with Crippen LogP contribution in [-0.2, 0) is 6.42 Å². The summed E-state index contributed by atoms with van der Waals surface area (Å²) in [6.07, 6.45) is 0.359. The molecule has 0 aliphatic heterocycles. The first kappa shape index (κ1) is 14.0. The molecule has 19 heavy (non-hydrogen) atoms. The summed E-state index contributed by atoms with van der Waals surface area (Å²) < 4.78 is 30.2. The molecule has 0 radical (unpaired) electrons. The molecule has 1 aromatic carbocycles. The Balaban J connectivity index is 2.20. The van der Waals surface area contributed by atoms with Crippen molar-refractivity contribution in [1.29, 1.82) is 0 Å². The lowest BCUT2D eigenvalue weighted by Gasteiger charge is -2.12. The van der Waals surface area contributed by atoms with Crippen LogP contribution in [0.15, 0.2) is 18.2 Å². The lowest BCUT2D eigenvalue weighted by Crippen LogP contribution is -2.14. The van der Waals surface area contributed by atoms with Crippen molar-refractivity contribution in [3.63, 3.8) is 0 Å². The van der Waals surface area contributed by atoms with Gasteiger partial charge in [-0.25, -0.2) is 8.78 Å². The summed E-state index contributed by atoms with van der Waals surface area (Å²) in [5, 5.41) is 4.05. The van der Waals surface area contributed by atoms with Crippen molar-refractivity contribution >= 4 is 11.5 Å². The van der Waals surface area contributed by atoms with Gasteiger partial charge in [-0.05, 0) is 41.6 Å². The van der Waals surface area contributed by atoms with Crippen LogP contribution in [0.4, 0.5) is 8.78 Å². The summed E-state index contributed by atoms with van der Waals surface area (Å²) in [6, 6.07) is 3.10. The number of halogens is 2. The van der Waals surface area contributed by atoms with E-state index in [0.29, 0.717) is 12.0 Å². The molecule has 0 aliphatic carbocycles. The molecule has 0 saturated heterocycles. The van der Waals surface area contributed by atoms with Gasteiger partial charge in [-0.15, -0.1) is 5.10 Å². The Bertz CT molecular complexity index is 549. The number of hydrogen-bond acceptors (Lipinski definition) is 4. The SMILES string of the molecule is CC(C)c1nnsc1C(N)Cc1cc(F)cc(F)c1. The van der Waals surface area contributed by atoms with E-state index in [9.17, 15) is 8.78 Å². The minimum atomic E-state index is -0.589. The van der Waals surface area contributed by atoms with Crippen LogP contribution in [-0.4, -0.2) is 9.59 Å². The first-order valence-corrected chi connectivity index (χ1v) is 6.77. The van der Waals surface area contributed by atoms with Gasteiger partial charge in [0.15, 0.2) is 0 Å². The molecule has 102 valence electrons. The number of nitrogens with two attached hydrogens (primary N) is 1. The van der Waals surface area contributed by atoms with Crippen molar-refractivity contribution in [3.05, 3.63) is 46.0 Å². The van der Waals surface area contributed by atoms with Crippen LogP contribution in [0.3, 0.4) is 0 Å². The van der Waals surface area contributed by atoms with Gasteiger partial charge in [0.25, 0.3) is 0 Å². The van der Waals surface area contributed by atoms with E-state index < -0.39 is 11.6 Å². The standard InChI is InChI=1S/C13H15F2N3S/c1-7(2)12-13(19-18-17-12)11(16)5-8-3-9(14)6-10(15)4-8/h3-4,6-7,11H,5,16H2,1-2H3. The molecule has 0 amide bonds. The molecule has 0 bridgehead atoms. The highest BCUT2D eigenvalue weighted by molar-refractivity contribution is 7.05. The van der Waals surface area contributed by atoms with Crippen LogP contribution in [0.5, 0.6) is 0 Å². The van der Waals surface area contributed by atoms with Crippen molar-refractivity contribution in [1.82, 2.24) is 9.59 Å². The van der Waals surface area contributed by atoms with E-state index >= 15 is 0 Å². The van der Waals surface area contributed by atoms with Crippen LogP contribution >= 0.6 is 11.5 Å². The monoisotopic (exact) mass is 283 g/mol. The first-order chi connectivity index (χ1) is 8.97. The van der Waals surface area contributed by atoms with E-state index in [0.717, 1.165) is 16.6 Å². The van der Waals surface area contributed by atoms with Gasteiger partial charge in [0.2, 0.25) is 0 Å². The molecule has 0 fully saturated rings. The normalized spacial score (nSPS) is 12.9. The van der Waals surface area contributed by atoms with E-state index in [4.69, 9.17) is 5.73 Å². The lowest BCUT2D eigenvalue weighted by molar-refractivity contribution is 0.576. The Hall–Kier alpha value is -1.40. The molecular formula is C13H15F2N3S. The number of benzene rings is 1. The van der Waals surface area contributed by atoms with Gasteiger partial charge in [-0.3, -0.25) is 0 Å². The van der Waals surface area contributed by atoms with E-state index in [-0.39, 0.29) is 12.0 Å². The molecule has 2 aromatic rings. The van der Waals surface area contributed by atoms with Gasteiger partial charge in [0, 0.05) is 12.1 Å². The van der Waals surface area contributed by atoms with Crippen molar-refractivity contribution in [2.75, 3.05) is 0 Å². The summed E-state index contributed by atoms with van der Waals surface area (Å²) in [7, 11) is 0. The predicted molar refractivity (Wildman–Crippen MR) is 71.0 cm³/mol. The Labute approximate surface area is 114 Å². The third kappa shape index (κ3) is 3.33. The number of rotatable bonds is 4. The summed E-state index contributed by atoms with van der Waals surface area (Å²) in [5.41, 5.74) is 7.49. The van der Waals surface area contributed by atoms with E-state index in [1.807, 2.05) is 13.8 Å². The Morgan fingerprint density at radius 3 is 2.42 bits per heavy atom. The van der Waals surface area contributed by atoms with Crippen LogP contribution in [0.1, 0.15) is 41.9 Å². The fourth-order valence-corrected chi connectivity index (χ4v) is 2.74. The van der Waals surface area contributed by atoms with Crippen LogP contribution in [0.2, 0.25) is 0 Å². The molecule has 2 N–H and O–H groups in total. The third-order valence-electron chi connectivity index (χ3n) is 2.80.